The zero-order valence-electron chi connectivity index (χ0n) is 12.5. The Bertz CT molecular complexity index is 647. The predicted molar refractivity (Wildman–Crippen MR) is 83.7 cm³/mol. The highest BCUT2D eigenvalue weighted by atomic mass is 16.5. The zero-order valence-corrected chi connectivity index (χ0v) is 12.5. The molecular formula is C16H22N3O3+. The van der Waals surface area contributed by atoms with Gasteiger partial charge in [0.05, 0.1) is 26.0 Å². The first-order chi connectivity index (χ1) is 10.8. The van der Waals surface area contributed by atoms with Gasteiger partial charge < -0.3 is 24.5 Å². The number of quaternary nitrogens is 1. The molecule has 1 aliphatic rings. The topological polar surface area (TPSA) is 71.4 Å². The number of morpholine rings is 1. The van der Waals surface area contributed by atoms with Gasteiger partial charge in [0, 0.05) is 22.7 Å². The highest BCUT2D eigenvalue weighted by Gasteiger charge is 2.19. The van der Waals surface area contributed by atoms with E-state index in [0.717, 1.165) is 49.3 Å². The molecule has 1 fully saturated rings. The maximum Gasteiger partial charge on any atom is 0.121 e. The van der Waals surface area contributed by atoms with Gasteiger partial charge in [-0.25, -0.2) is 0 Å². The Hall–Kier alpha value is -1.89. The van der Waals surface area contributed by atoms with Crippen LogP contribution in [0.1, 0.15) is 5.56 Å². The number of nitrogens with zero attached hydrogens (tertiary/aromatic N) is 2. The van der Waals surface area contributed by atoms with Gasteiger partial charge in [-0.2, -0.15) is 0 Å². The highest BCUT2D eigenvalue weighted by molar-refractivity contribution is 5.99. The minimum Gasteiger partial charge on any atom is -0.411 e. The number of aliphatic hydroxyl groups is 1. The van der Waals surface area contributed by atoms with E-state index in [1.165, 1.54) is 11.1 Å². The Kier molecular flexibility index (Phi) is 4.72. The molecule has 0 radical (unpaired) electrons. The van der Waals surface area contributed by atoms with Crippen LogP contribution in [-0.2, 0) is 11.3 Å². The van der Waals surface area contributed by atoms with Gasteiger partial charge in [0.25, 0.3) is 0 Å². The molecule has 0 bridgehead atoms. The predicted octanol–water partition coefficient (Wildman–Crippen LogP) is -0.275. The molecule has 1 aliphatic heterocycles. The van der Waals surface area contributed by atoms with E-state index in [1.807, 2.05) is 35.0 Å². The van der Waals surface area contributed by atoms with E-state index in [-0.39, 0.29) is 0 Å². The number of ether oxygens (including phenoxy) is 1. The second-order valence-electron chi connectivity index (χ2n) is 5.72. The lowest BCUT2D eigenvalue weighted by Gasteiger charge is -2.26. The molecule has 1 saturated heterocycles. The number of rotatable bonds is 5. The van der Waals surface area contributed by atoms with E-state index in [9.17, 15) is 5.11 Å². The van der Waals surface area contributed by atoms with Gasteiger partial charge in [0.1, 0.15) is 25.7 Å². The molecule has 22 heavy (non-hydrogen) atoms. The molecule has 2 aromatic rings. The quantitative estimate of drug-likeness (QED) is 0.404. The van der Waals surface area contributed by atoms with Crippen molar-refractivity contribution in [2.24, 2.45) is 5.16 Å². The Balaban J connectivity index is 1.75. The second kappa shape index (κ2) is 6.91. The van der Waals surface area contributed by atoms with Crippen molar-refractivity contribution >= 4 is 17.1 Å². The Morgan fingerprint density at radius 3 is 2.86 bits per heavy atom. The maximum absolute atomic E-state index is 10.4. The molecule has 0 aliphatic carbocycles. The SMILES string of the molecule is O/N=C\c1cn(C[C@@H](O)C[NH+]2CCOCC2)c2ccccc12. The van der Waals surface area contributed by atoms with Gasteiger partial charge in [-0.3, -0.25) is 0 Å². The molecule has 6 nitrogen and oxygen atoms in total. The molecular weight excluding hydrogens is 282 g/mol. The van der Waals surface area contributed by atoms with Gasteiger partial charge in [0.15, 0.2) is 0 Å². The summed E-state index contributed by atoms with van der Waals surface area (Å²) in [7, 11) is 0. The number of para-hydroxylation sites is 1. The van der Waals surface area contributed by atoms with Crippen molar-refractivity contribution < 1.29 is 20.0 Å². The summed E-state index contributed by atoms with van der Waals surface area (Å²) >= 11 is 0. The summed E-state index contributed by atoms with van der Waals surface area (Å²) in [6.07, 6.45) is 2.93. The molecule has 1 aromatic heterocycles. The van der Waals surface area contributed by atoms with Gasteiger partial charge in [-0.05, 0) is 6.07 Å². The number of aromatic nitrogens is 1. The summed E-state index contributed by atoms with van der Waals surface area (Å²) in [5, 5.41) is 23.3. The smallest absolute Gasteiger partial charge is 0.121 e. The van der Waals surface area contributed by atoms with E-state index >= 15 is 0 Å². The van der Waals surface area contributed by atoms with Crippen LogP contribution >= 0.6 is 0 Å². The fourth-order valence-electron chi connectivity index (χ4n) is 3.08. The Labute approximate surface area is 129 Å². The van der Waals surface area contributed by atoms with Crippen molar-refractivity contribution in [3.63, 3.8) is 0 Å². The van der Waals surface area contributed by atoms with E-state index in [1.54, 1.807) is 0 Å². The minimum atomic E-state index is -0.414. The summed E-state index contributed by atoms with van der Waals surface area (Å²) in [6, 6.07) is 7.93. The lowest BCUT2D eigenvalue weighted by Crippen LogP contribution is -3.15. The van der Waals surface area contributed by atoms with Crippen molar-refractivity contribution in [2.45, 2.75) is 12.6 Å². The molecule has 0 amide bonds. The van der Waals surface area contributed by atoms with Crippen LogP contribution in [0, 0.1) is 0 Å². The molecule has 1 atom stereocenters. The third kappa shape index (κ3) is 3.30. The molecule has 3 rings (SSSR count). The average molecular weight is 304 g/mol. The zero-order chi connectivity index (χ0) is 15.4. The number of hydrogen-bond donors (Lipinski definition) is 3. The van der Waals surface area contributed by atoms with Gasteiger partial charge in [0.2, 0.25) is 0 Å². The summed E-state index contributed by atoms with van der Waals surface area (Å²) < 4.78 is 7.37. The lowest BCUT2D eigenvalue weighted by atomic mass is 10.2. The van der Waals surface area contributed by atoms with Crippen LogP contribution in [0.5, 0.6) is 0 Å². The summed E-state index contributed by atoms with van der Waals surface area (Å²) in [5.41, 5.74) is 1.89. The third-order valence-electron chi connectivity index (χ3n) is 4.15. The van der Waals surface area contributed by atoms with Crippen LogP contribution in [0.25, 0.3) is 10.9 Å². The maximum atomic E-state index is 10.4. The van der Waals surface area contributed by atoms with Crippen LogP contribution in [0.3, 0.4) is 0 Å². The van der Waals surface area contributed by atoms with Crippen LogP contribution in [0.4, 0.5) is 0 Å². The monoisotopic (exact) mass is 304 g/mol. The fraction of sp³-hybridized carbons (Fsp3) is 0.438. The number of aliphatic hydroxyl groups excluding tert-OH is 1. The van der Waals surface area contributed by atoms with Crippen molar-refractivity contribution in [1.82, 2.24) is 4.57 Å². The highest BCUT2D eigenvalue weighted by Crippen LogP contribution is 2.20. The third-order valence-corrected chi connectivity index (χ3v) is 4.15. The second-order valence-corrected chi connectivity index (χ2v) is 5.72. The average Bonchev–Trinajstić information content (AvgIpc) is 2.87. The minimum absolute atomic E-state index is 0.414. The number of hydrogen-bond acceptors (Lipinski definition) is 4. The summed E-state index contributed by atoms with van der Waals surface area (Å²) in [6.45, 7) is 4.69. The van der Waals surface area contributed by atoms with Crippen LogP contribution < -0.4 is 4.90 Å². The normalized spacial score (nSPS) is 18.2. The summed E-state index contributed by atoms with van der Waals surface area (Å²) in [4.78, 5) is 1.38. The van der Waals surface area contributed by atoms with Gasteiger partial charge in [-0.1, -0.05) is 23.4 Å². The number of benzene rings is 1. The van der Waals surface area contributed by atoms with E-state index in [0.29, 0.717) is 6.54 Å². The molecule has 118 valence electrons. The van der Waals surface area contributed by atoms with Gasteiger partial charge in [-0.15, -0.1) is 0 Å². The van der Waals surface area contributed by atoms with Gasteiger partial charge >= 0.3 is 0 Å². The molecule has 0 unspecified atom stereocenters. The molecule has 3 N–H and O–H groups in total. The van der Waals surface area contributed by atoms with Crippen molar-refractivity contribution in [1.29, 1.82) is 0 Å². The Morgan fingerprint density at radius 1 is 1.32 bits per heavy atom. The fourth-order valence-corrected chi connectivity index (χ4v) is 3.08. The molecule has 2 heterocycles. The van der Waals surface area contributed by atoms with Crippen LogP contribution in [0.15, 0.2) is 35.6 Å². The van der Waals surface area contributed by atoms with Crippen LogP contribution in [0.2, 0.25) is 0 Å². The lowest BCUT2D eigenvalue weighted by molar-refractivity contribution is -0.911. The number of oxime groups is 1. The molecule has 0 saturated carbocycles. The first kappa shape index (κ1) is 15.0. The first-order valence-corrected chi connectivity index (χ1v) is 7.62. The molecule has 0 spiro atoms. The van der Waals surface area contributed by atoms with Crippen LogP contribution in [-0.4, -0.2) is 60.0 Å². The largest absolute Gasteiger partial charge is 0.411 e. The number of fused-ring (bicyclic) bond motifs is 1. The number of nitrogens with one attached hydrogen (secondary N) is 1. The van der Waals surface area contributed by atoms with Crippen molar-refractivity contribution in [3.8, 4) is 0 Å². The van der Waals surface area contributed by atoms with Crippen molar-refractivity contribution in [2.75, 3.05) is 32.8 Å². The summed E-state index contributed by atoms with van der Waals surface area (Å²) in [5.74, 6) is 0. The molecule has 1 aromatic carbocycles. The standard InChI is InChI=1S/C16H21N3O3/c20-14(11-18-5-7-22-8-6-18)12-19-10-13(9-17-21)15-3-1-2-4-16(15)19/h1-4,9-10,14,20-21H,5-8,11-12H2/p+1/b17-9-/t14-/m0/s1. The van der Waals surface area contributed by atoms with E-state index in [2.05, 4.69) is 5.16 Å². The van der Waals surface area contributed by atoms with Crippen molar-refractivity contribution in [3.05, 3.63) is 36.0 Å². The van der Waals surface area contributed by atoms with E-state index < -0.39 is 6.10 Å². The Morgan fingerprint density at radius 2 is 2.09 bits per heavy atom. The first-order valence-electron chi connectivity index (χ1n) is 7.62. The molecule has 6 heteroatoms. The van der Waals surface area contributed by atoms with E-state index in [4.69, 9.17) is 9.94 Å².